The predicted octanol–water partition coefficient (Wildman–Crippen LogP) is 0.338. The van der Waals surface area contributed by atoms with Crippen LogP contribution in [0.3, 0.4) is 0 Å². The van der Waals surface area contributed by atoms with Gasteiger partial charge in [0.25, 0.3) is 0 Å². The van der Waals surface area contributed by atoms with Gasteiger partial charge in [0.15, 0.2) is 0 Å². The topological polar surface area (TPSA) is 58.7 Å². The summed E-state index contributed by atoms with van der Waals surface area (Å²) in [5.74, 6) is 0. The molecule has 4 unspecified atom stereocenters. The third-order valence-electron chi connectivity index (χ3n) is 4.37. The van der Waals surface area contributed by atoms with Crippen molar-refractivity contribution in [1.82, 2.24) is 4.90 Å². The molecule has 16 heavy (non-hydrogen) atoms. The molecule has 1 aliphatic carbocycles. The number of rotatable bonds is 3. The molecule has 1 aliphatic heterocycles. The van der Waals surface area contributed by atoms with Crippen LogP contribution in [-0.2, 0) is 4.74 Å². The smallest absolute Gasteiger partial charge is 0.0703 e. The fourth-order valence-electron chi connectivity index (χ4n) is 3.14. The highest BCUT2D eigenvalue weighted by Gasteiger charge is 2.40. The number of hydrogen-bond donors (Lipinski definition) is 2. The van der Waals surface area contributed by atoms with Crippen molar-refractivity contribution in [3.8, 4) is 0 Å². The molecule has 1 saturated carbocycles. The second kappa shape index (κ2) is 4.61. The Morgan fingerprint density at radius 2 is 2.25 bits per heavy atom. The molecular formula is C12H24N2O2. The van der Waals surface area contributed by atoms with Gasteiger partial charge < -0.3 is 15.6 Å². The van der Waals surface area contributed by atoms with E-state index in [0.717, 1.165) is 32.3 Å². The molecule has 0 radical (unpaired) electrons. The first-order valence-corrected chi connectivity index (χ1v) is 6.29. The average molecular weight is 228 g/mol. The number of hydrogen-bond acceptors (Lipinski definition) is 4. The van der Waals surface area contributed by atoms with Gasteiger partial charge in [-0.2, -0.15) is 0 Å². The van der Waals surface area contributed by atoms with E-state index in [0.29, 0.717) is 18.2 Å². The highest BCUT2D eigenvalue weighted by Crippen LogP contribution is 2.33. The summed E-state index contributed by atoms with van der Waals surface area (Å²) in [6.07, 6.45) is 4.37. The van der Waals surface area contributed by atoms with E-state index in [2.05, 4.69) is 18.9 Å². The molecule has 1 heterocycles. The molecule has 2 rings (SSSR count). The quantitative estimate of drug-likeness (QED) is 0.731. The Morgan fingerprint density at radius 3 is 2.75 bits per heavy atom. The van der Waals surface area contributed by atoms with Crippen molar-refractivity contribution in [2.45, 2.75) is 56.3 Å². The van der Waals surface area contributed by atoms with Crippen molar-refractivity contribution in [1.29, 1.82) is 0 Å². The van der Waals surface area contributed by atoms with Gasteiger partial charge in [-0.3, -0.25) is 4.90 Å². The Kier molecular flexibility index (Phi) is 3.54. The molecule has 0 aromatic heterocycles. The van der Waals surface area contributed by atoms with Crippen molar-refractivity contribution in [2.75, 3.05) is 20.3 Å². The first-order valence-electron chi connectivity index (χ1n) is 6.29. The molecule has 2 fully saturated rings. The Morgan fingerprint density at radius 1 is 1.50 bits per heavy atom. The maximum atomic E-state index is 9.27. The molecule has 0 aromatic carbocycles. The molecule has 4 nitrogen and oxygen atoms in total. The Hall–Kier alpha value is -0.160. The summed E-state index contributed by atoms with van der Waals surface area (Å²) < 4.78 is 5.60. The van der Waals surface area contributed by atoms with Crippen LogP contribution < -0.4 is 5.73 Å². The molecule has 94 valence electrons. The number of ether oxygens (including phenoxy) is 1. The Bertz CT molecular complexity index is 249. The van der Waals surface area contributed by atoms with Crippen LogP contribution >= 0.6 is 0 Å². The van der Waals surface area contributed by atoms with Gasteiger partial charge >= 0.3 is 0 Å². The molecule has 0 spiro atoms. The zero-order valence-electron chi connectivity index (χ0n) is 10.4. The zero-order chi connectivity index (χ0) is 11.8. The van der Waals surface area contributed by atoms with Crippen LogP contribution in [0.25, 0.3) is 0 Å². The van der Waals surface area contributed by atoms with Gasteiger partial charge in [-0.15, -0.1) is 0 Å². The second-order valence-electron chi connectivity index (χ2n) is 5.51. The molecule has 4 atom stereocenters. The van der Waals surface area contributed by atoms with Crippen LogP contribution in [0.2, 0.25) is 0 Å². The van der Waals surface area contributed by atoms with E-state index in [4.69, 9.17) is 10.5 Å². The molecular weight excluding hydrogens is 204 g/mol. The van der Waals surface area contributed by atoms with Crippen LogP contribution in [0.1, 0.15) is 32.6 Å². The summed E-state index contributed by atoms with van der Waals surface area (Å²) in [5, 5.41) is 9.27. The molecule has 1 saturated heterocycles. The summed E-state index contributed by atoms with van der Waals surface area (Å²) in [5.41, 5.74) is 5.77. The van der Waals surface area contributed by atoms with Crippen LogP contribution in [0.4, 0.5) is 0 Å². The van der Waals surface area contributed by atoms with Crippen LogP contribution in [0.5, 0.6) is 0 Å². The van der Waals surface area contributed by atoms with Crippen molar-refractivity contribution in [3.05, 3.63) is 0 Å². The van der Waals surface area contributed by atoms with E-state index in [-0.39, 0.29) is 12.1 Å². The minimum absolute atomic E-state index is 0.105. The van der Waals surface area contributed by atoms with Gasteiger partial charge in [0.2, 0.25) is 0 Å². The molecule has 2 aliphatic rings. The molecule has 4 heteroatoms. The lowest BCUT2D eigenvalue weighted by molar-refractivity contribution is 0.0660. The van der Waals surface area contributed by atoms with E-state index in [1.54, 1.807) is 0 Å². The fraction of sp³-hybridized carbons (Fsp3) is 1.00. The van der Waals surface area contributed by atoms with Crippen LogP contribution in [0, 0.1) is 0 Å². The van der Waals surface area contributed by atoms with Gasteiger partial charge in [-0.25, -0.2) is 0 Å². The Labute approximate surface area is 97.7 Å². The largest absolute Gasteiger partial charge is 0.394 e. The van der Waals surface area contributed by atoms with Crippen LogP contribution in [0.15, 0.2) is 0 Å². The zero-order valence-corrected chi connectivity index (χ0v) is 10.4. The number of aliphatic hydroxyl groups excluding tert-OH is 1. The normalized spacial score (nSPS) is 44.4. The molecule has 0 amide bonds. The van der Waals surface area contributed by atoms with Crippen molar-refractivity contribution in [3.63, 3.8) is 0 Å². The predicted molar refractivity (Wildman–Crippen MR) is 63.2 cm³/mol. The lowest BCUT2D eigenvalue weighted by atomic mass is 9.99. The van der Waals surface area contributed by atoms with Gasteiger partial charge in [-0.1, -0.05) is 0 Å². The number of nitrogens with two attached hydrogens (primary N) is 1. The lowest BCUT2D eigenvalue weighted by Crippen LogP contribution is -2.46. The van der Waals surface area contributed by atoms with Crippen LogP contribution in [-0.4, -0.2) is 54.0 Å². The van der Waals surface area contributed by atoms with Gasteiger partial charge in [-0.05, 0) is 39.7 Å². The maximum absolute atomic E-state index is 9.27. The first kappa shape index (κ1) is 12.3. The summed E-state index contributed by atoms with van der Waals surface area (Å²) in [4.78, 5) is 2.42. The van der Waals surface area contributed by atoms with Crippen molar-refractivity contribution >= 4 is 0 Å². The van der Waals surface area contributed by atoms with Crippen molar-refractivity contribution < 1.29 is 9.84 Å². The minimum Gasteiger partial charge on any atom is -0.394 e. The maximum Gasteiger partial charge on any atom is 0.0703 e. The molecule has 0 bridgehead atoms. The van der Waals surface area contributed by atoms with E-state index < -0.39 is 0 Å². The summed E-state index contributed by atoms with van der Waals surface area (Å²) in [6.45, 7) is 3.12. The summed E-state index contributed by atoms with van der Waals surface area (Å²) >= 11 is 0. The summed E-state index contributed by atoms with van der Waals surface area (Å²) in [7, 11) is 2.17. The monoisotopic (exact) mass is 228 g/mol. The molecule has 3 N–H and O–H groups in total. The third-order valence-corrected chi connectivity index (χ3v) is 4.37. The fourth-order valence-corrected chi connectivity index (χ4v) is 3.14. The number of likely N-dealkylation sites (N-methyl/N-ethyl adjacent to an activating group) is 1. The highest BCUT2D eigenvalue weighted by atomic mass is 16.5. The lowest BCUT2D eigenvalue weighted by Gasteiger charge is -2.33. The van der Waals surface area contributed by atoms with E-state index in [1.807, 2.05) is 0 Å². The van der Waals surface area contributed by atoms with Gasteiger partial charge in [0.05, 0.1) is 12.7 Å². The van der Waals surface area contributed by atoms with Gasteiger partial charge in [0.1, 0.15) is 0 Å². The SMILES string of the molecule is CC1OCCC1N(C)C1CCC(N)(CO)C1. The number of nitrogens with zero attached hydrogens (tertiary/aromatic N) is 1. The minimum atomic E-state index is -0.346. The first-order chi connectivity index (χ1) is 7.56. The van der Waals surface area contributed by atoms with E-state index >= 15 is 0 Å². The Balaban J connectivity index is 1.93. The number of aliphatic hydroxyl groups is 1. The average Bonchev–Trinajstić information content (AvgIpc) is 2.85. The standard InChI is InChI=1S/C12H24N2O2/c1-9-11(4-6-16-9)14(2)10-3-5-12(13,7-10)8-15/h9-11,15H,3-8,13H2,1-2H3. The molecule has 0 aromatic rings. The second-order valence-corrected chi connectivity index (χ2v) is 5.51. The van der Waals surface area contributed by atoms with Crippen molar-refractivity contribution in [2.24, 2.45) is 5.73 Å². The third kappa shape index (κ3) is 2.25. The van der Waals surface area contributed by atoms with E-state index in [1.165, 1.54) is 0 Å². The summed E-state index contributed by atoms with van der Waals surface area (Å²) in [6, 6.07) is 1.03. The van der Waals surface area contributed by atoms with Gasteiger partial charge in [0, 0.05) is 24.2 Å². The highest BCUT2D eigenvalue weighted by molar-refractivity contribution is 4.98. The van der Waals surface area contributed by atoms with E-state index in [9.17, 15) is 5.11 Å².